The fourth-order valence-corrected chi connectivity index (χ4v) is 2.55. The molecule has 1 saturated heterocycles. The van der Waals surface area contributed by atoms with E-state index in [9.17, 15) is 24.0 Å². The third-order valence-corrected chi connectivity index (χ3v) is 3.35. The van der Waals surface area contributed by atoms with Crippen molar-refractivity contribution in [3.05, 3.63) is 0 Å². The van der Waals surface area contributed by atoms with Crippen molar-refractivity contribution in [2.75, 3.05) is 6.61 Å². The van der Waals surface area contributed by atoms with Crippen molar-refractivity contribution in [3.8, 4) is 0 Å². The van der Waals surface area contributed by atoms with Gasteiger partial charge in [-0.3, -0.25) is 24.0 Å². The number of rotatable bonds is 6. The molecule has 1 fully saturated rings. The van der Waals surface area contributed by atoms with Crippen LogP contribution >= 0.6 is 0 Å². The van der Waals surface area contributed by atoms with E-state index >= 15 is 0 Å². The van der Waals surface area contributed by atoms with Gasteiger partial charge in [0.15, 0.2) is 12.2 Å². The van der Waals surface area contributed by atoms with Gasteiger partial charge in [-0.2, -0.15) is 0 Å². The number of hydrogen-bond acceptors (Lipinski definition) is 10. The zero-order valence-electron chi connectivity index (χ0n) is 15.7. The first kappa shape index (κ1) is 22.4. The highest BCUT2D eigenvalue weighted by Crippen LogP contribution is 2.28. The van der Waals surface area contributed by atoms with Crippen molar-refractivity contribution in [1.29, 1.82) is 0 Å². The first-order chi connectivity index (χ1) is 12.5. The van der Waals surface area contributed by atoms with Crippen LogP contribution in [0.5, 0.6) is 0 Å². The summed E-state index contributed by atoms with van der Waals surface area (Å²) in [5.41, 5.74) is 0. The minimum Gasteiger partial charge on any atom is -0.463 e. The van der Waals surface area contributed by atoms with Gasteiger partial charge in [0.2, 0.25) is 12.2 Å². The van der Waals surface area contributed by atoms with Gasteiger partial charge < -0.3 is 29.0 Å². The summed E-state index contributed by atoms with van der Waals surface area (Å²) >= 11 is 0. The average molecular weight is 389 g/mol. The molecule has 0 aromatic rings. The Kier molecular flexibility index (Phi) is 8.16. The maximum absolute atomic E-state index is 11.6. The molecule has 11 nitrogen and oxygen atoms in total. The summed E-state index contributed by atoms with van der Waals surface area (Å²) in [6.45, 7) is 5.36. The molecule has 1 aliphatic heterocycles. The van der Waals surface area contributed by atoms with Crippen molar-refractivity contribution in [2.45, 2.75) is 65.3 Å². The number of amides is 1. The Hall–Kier alpha value is -2.69. The molecule has 0 aromatic heterocycles. The fourth-order valence-electron chi connectivity index (χ4n) is 2.55. The Morgan fingerprint density at radius 3 is 1.74 bits per heavy atom. The molecule has 0 saturated carbocycles. The lowest BCUT2D eigenvalue weighted by molar-refractivity contribution is -0.270. The number of carbonyl (C=O) groups is 5. The molecule has 1 N–H and O–H groups in total. The summed E-state index contributed by atoms with van der Waals surface area (Å²) < 4.78 is 25.9. The highest BCUT2D eigenvalue weighted by Gasteiger charge is 2.52. The third kappa shape index (κ3) is 7.21. The quantitative estimate of drug-likeness (QED) is 0.453. The summed E-state index contributed by atoms with van der Waals surface area (Å²) in [7, 11) is 0. The number of carbonyl (C=O) groups excluding carboxylic acids is 5. The highest BCUT2D eigenvalue weighted by atomic mass is 16.7. The van der Waals surface area contributed by atoms with E-state index in [0.29, 0.717) is 0 Å². The number of ether oxygens (including phenoxy) is 5. The summed E-state index contributed by atoms with van der Waals surface area (Å²) in [6.07, 6.45) is -4.97. The summed E-state index contributed by atoms with van der Waals surface area (Å²) in [4.78, 5) is 57.2. The molecule has 11 heteroatoms. The van der Waals surface area contributed by atoms with Gasteiger partial charge in [0.05, 0.1) is 0 Å². The molecule has 0 radical (unpaired) electrons. The molecule has 0 aromatic carbocycles. The first-order valence-electron chi connectivity index (χ1n) is 8.08. The van der Waals surface area contributed by atoms with E-state index in [2.05, 4.69) is 5.32 Å². The molecule has 5 atom stereocenters. The Morgan fingerprint density at radius 1 is 0.778 bits per heavy atom. The molecule has 1 heterocycles. The second-order valence-corrected chi connectivity index (χ2v) is 5.83. The van der Waals surface area contributed by atoms with Crippen LogP contribution < -0.4 is 5.32 Å². The van der Waals surface area contributed by atoms with E-state index in [1.54, 1.807) is 0 Å². The van der Waals surface area contributed by atoms with Crippen LogP contribution in [0.15, 0.2) is 0 Å². The second kappa shape index (κ2) is 9.86. The van der Waals surface area contributed by atoms with E-state index < -0.39 is 60.4 Å². The topological polar surface area (TPSA) is 144 Å². The third-order valence-electron chi connectivity index (χ3n) is 3.35. The number of esters is 4. The smallest absolute Gasteiger partial charge is 0.305 e. The second-order valence-electron chi connectivity index (χ2n) is 5.83. The van der Waals surface area contributed by atoms with Gasteiger partial charge in [0, 0.05) is 34.6 Å². The molecule has 0 spiro atoms. The Morgan fingerprint density at radius 2 is 1.30 bits per heavy atom. The lowest BCUT2D eigenvalue weighted by atomic mass is 9.96. The molecule has 1 aliphatic rings. The van der Waals surface area contributed by atoms with Crippen LogP contribution in [0.4, 0.5) is 0 Å². The summed E-state index contributed by atoms with van der Waals surface area (Å²) in [5, 5.41) is 2.46. The van der Waals surface area contributed by atoms with E-state index in [4.69, 9.17) is 23.7 Å². The first-order valence-corrected chi connectivity index (χ1v) is 8.08. The normalized spacial score (nSPS) is 27.1. The maximum Gasteiger partial charge on any atom is 0.305 e. The van der Waals surface area contributed by atoms with Crippen molar-refractivity contribution in [1.82, 2.24) is 5.32 Å². The molecule has 0 aliphatic carbocycles. The zero-order chi connectivity index (χ0) is 20.7. The van der Waals surface area contributed by atoms with Gasteiger partial charge in [-0.15, -0.1) is 0 Å². The molecular weight excluding hydrogens is 366 g/mol. The molecule has 1 rings (SSSR count). The van der Waals surface area contributed by atoms with Crippen molar-refractivity contribution >= 4 is 29.8 Å². The molecule has 0 bridgehead atoms. The standard InChI is InChI=1S/C16H23NO10/c1-7(18)17-13-15(25-10(4)21)14(24-9(3)20)12(6-23-8(2)19)27-16(13)26-11(5)22/h12-16H,6H2,1-5H3,(H,17,18)/t12?,13?,14-,15+,16?/m0/s1. The van der Waals surface area contributed by atoms with Crippen LogP contribution in [0.25, 0.3) is 0 Å². The molecule has 1 amide bonds. The van der Waals surface area contributed by atoms with E-state index in [1.807, 2.05) is 0 Å². The molecule has 3 unspecified atom stereocenters. The van der Waals surface area contributed by atoms with Crippen molar-refractivity contribution < 1.29 is 47.7 Å². The van der Waals surface area contributed by atoms with Crippen molar-refractivity contribution in [2.24, 2.45) is 0 Å². The average Bonchev–Trinajstić information content (AvgIpc) is 2.49. The maximum atomic E-state index is 11.6. The van der Waals surface area contributed by atoms with Crippen LogP contribution in [0.1, 0.15) is 34.6 Å². The zero-order valence-corrected chi connectivity index (χ0v) is 15.7. The van der Waals surface area contributed by atoms with E-state index in [-0.39, 0.29) is 6.61 Å². The largest absolute Gasteiger partial charge is 0.463 e. The van der Waals surface area contributed by atoms with E-state index in [1.165, 1.54) is 6.92 Å². The minimum atomic E-state index is -1.37. The van der Waals surface area contributed by atoms with Gasteiger partial charge in [-0.05, 0) is 0 Å². The number of hydrogen-bond donors (Lipinski definition) is 1. The van der Waals surface area contributed by atoms with Gasteiger partial charge in [0.25, 0.3) is 0 Å². The Bertz CT molecular complexity index is 604. The molecule has 152 valence electrons. The van der Waals surface area contributed by atoms with Crippen LogP contribution in [0.2, 0.25) is 0 Å². The Labute approximate surface area is 155 Å². The predicted molar refractivity (Wildman–Crippen MR) is 85.8 cm³/mol. The lowest BCUT2D eigenvalue weighted by Gasteiger charge is -2.44. The van der Waals surface area contributed by atoms with Gasteiger partial charge in [0.1, 0.15) is 18.8 Å². The van der Waals surface area contributed by atoms with Gasteiger partial charge >= 0.3 is 23.9 Å². The number of nitrogens with one attached hydrogen (secondary N) is 1. The SMILES string of the molecule is CC(=O)NC1C(OC(C)=O)OC(COC(C)=O)[C@H](OC(C)=O)[C@@H]1OC(C)=O. The van der Waals surface area contributed by atoms with Crippen molar-refractivity contribution in [3.63, 3.8) is 0 Å². The predicted octanol–water partition coefficient (Wildman–Crippen LogP) is -0.794. The Balaban J connectivity index is 3.29. The summed E-state index contributed by atoms with van der Waals surface area (Å²) in [5.74, 6) is -3.34. The van der Waals surface area contributed by atoms with Crippen LogP contribution in [-0.2, 0) is 47.7 Å². The fraction of sp³-hybridized carbons (Fsp3) is 0.688. The molecule has 27 heavy (non-hydrogen) atoms. The van der Waals surface area contributed by atoms with Crippen LogP contribution in [0.3, 0.4) is 0 Å². The highest BCUT2D eigenvalue weighted by molar-refractivity contribution is 5.74. The molecular formula is C16H23NO10. The lowest BCUT2D eigenvalue weighted by Crippen LogP contribution is -2.66. The van der Waals surface area contributed by atoms with Gasteiger partial charge in [-0.1, -0.05) is 0 Å². The monoisotopic (exact) mass is 389 g/mol. The summed E-state index contributed by atoms with van der Waals surface area (Å²) in [6, 6.07) is -1.16. The van der Waals surface area contributed by atoms with E-state index in [0.717, 1.165) is 27.7 Å². The van der Waals surface area contributed by atoms with Crippen LogP contribution in [-0.4, -0.2) is 67.0 Å². The van der Waals surface area contributed by atoms with Gasteiger partial charge in [-0.25, -0.2) is 0 Å². The van der Waals surface area contributed by atoms with Crippen LogP contribution in [0, 0.1) is 0 Å². The minimum absolute atomic E-state index is 0.365.